The van der Waals surface area contributed by atoms with Crippen LogP contribution in [0.5, 0.6) is 0 Å². The van der Waals surface area contributed by atoms with Gasteiger partial charge in [0.1, 0.15) is 23.1 Å². The fourth-order valence-corrected chi connectivity index (χ4v) is 4.54. The molecule has 0 unspecified atom stereocenters. The highest BCUT2D eigenvalue weighted by atomic mass is 19.4. The summed E-state index contributed by atoms with van der Waals surface area (Å²) in [5, 5.41) is 0. The van der Waals surface area contributed by atoms with Gasteiger partial charge in [-0.15, -0.1) is 0 Å². The lowest BCUT2D eigenvalue weighted by molar-refractivity contribution is -0.137. The third-order valence-electron chi connectivity index (χ3n) is 6.38. The Hall–Kier alpha value is -3.82. The first kappa shape index (κ1) is 23.9. The van der Waals surface area contributed by atoms with Crippen LogP contribution < -0.4 is 4.90 Å². The Kier molecular flexibility index (Phi) is 5.97. The molecule has 5 rings (SSSR count). The van der Waals surface area contributed by atoms with Crippen molar-refractivity contribution in [2.75, 3.05) is 31.1 Å². The highest BCUT2D eigenvalue weighted by Gasteiger charge is 2.32. The normalized spacial score (nSPS) is 14.6. The average molecular weight is 503 g/mol. The second-order valence-corrected chi connectivity index (χ2v) is 8.79. The lowest BCUT2D eigenvalue weighted by Crippen LogP contribution is -2.49. The van der Waals surface area contributed by atoms with E-state index in [2.05, 4.69) is 0 Å². The number of halogens is 5. The standard InChI is InChI=1S/C26H22F5N3O2/c1-16-11-22-24(36-16)14-23(34(22)15-17-5-6-19(27)13-21(17)28)25(35)33-9-7-32(8-10-33)20-4-2-3-18(12-20)26(29,30)31/h2-6,11-14H,7-10,15H2,1H3. The smallest absolute Gasteiger partial charge is 0.416 e. The van der Waals surface area contributed by atoms with Gasteiger partial charge in [-0.05, 0) is 31.2 Å². The van der Waals surface area contributed by atoms with Crippen molar-refractivity contribution in [1.82, 2.24) is 9.47 Å². The number of alkyl halides is 3. The van der Waals surface area contributed by atoms with Crippen molar-refractivity contribution in [3.8, 4) is 0 Å². The Morgan fingerprint density at radius 3 is 2.42 bits per heavy atom. The summed E-state index contributed by atoms with van der Waals surface area (Å²) >= 11 is 0. The molecule has 4 aromatic rings. The van der Waals surface area contributed by atoms with Crippen LogP contribution in [0.15, 0.2) is 59.0 Å². The lowest BCUT2D eigenvalue weighted by Gasteiger charge is -2.36. The maximum atomic E-state index is 14.4. The van der Waals surface area contributed by atoms with E-state index in [1.165, 1.54) is 12.1 Å². The first-order valence-corrected chi connectivity index (χ1v) is 11.4. The van der Waals surface area contributed by atoms with Gasteiger partial charge in [-0.25, -0.2) is 8.78 Å². The highest BCUT2D eigenvalue weighted by Crippen LogP contribution is 2.32. The summed E-state index contributed by atoms with van der Waals surface area (Å²) in [5.41, 5.74) is 1.32. The molecule has 0 bridgehead atoms. The third kappa shape index (κ3) is 4.55. The molecule has 0 atom stereocenters. The Bertz CT molecular complexity index is 1430. The molecule has 1 fully saturated rings. The van der Waals surface area contributed by atoms with Crippen LogP contribution in [0.3, 0.4) is 0 Å². The van der Waals surface area contributed by atoms with Crippen LogP contribution in [0.2, 0.25) is 0 Å². The van der Waals surface area contributed by atoms with Crippen LogP contribution >= 0.6 is 0 Å². The zero-order chi connectivity index (χ0) is 25.6. The van der Waals surface area contributed by atoms with Crippen molar-refractivity contribution in [3.63, 3.8) is 0 Å². The SMILES string of the molecule is Cc1cc2c(cc(C(=O)N3CCN(c4cccc(C(F)(F)F)c4)CC3)n2Cc2ccc(F)cc2F)o1. The summed E-state index contributed by atoms with van der Waals surface area (Å²) in [6.07, 6.45) is -4.43. The molecule has 2 aromatic carbocycles. The molecule has 36 heavy (non-hydrogen) atoms. The molecule has 2 aromatic heterocycles. The quantitative estimate of drug-likeness (QED) is 0.328. The number of benzene rings is 2. The van der Waals surface area contributed by atoms with Crippen LogP contribution in [0.25, 0.3) is 11.1 Å². The van der Waals surface area contributed by atoms with Gasteiger partial charge in [0.15, 0.2) is 5.58 Å². The molecule has 1 amide bonds. The van der Waals surface area contributed by atoms with E-state index in [1.54, 1.807) is 39.5 Å². The molecule has 188 valence electrons. The number of anilines is 1. The summed E-state index contributed by atoms with van der Waals surface area (Å²) in [5.74, 6) is -1.08. The number of aromatic nitrogens is 1. The van der Waals surface area contributed by atoms with Gasteiger partial charge < -0.3 is 18.8 Å². The zero-order valence-corrected chi connectivity index (χ0v) is 19.3. The number of carbonyl (C=O) groups is 1. The third-order valence-corrected chi connectivity index (χ3v) is 6.38. The monoisotopic (exact) mass is 503 g/mol. The van der Waals surface area contributed by atoms with Crippen molar-refractivity contribution >= 4 is 22.7 Å². The molecule has 1 aliphatic rings. The summed E-state index contributed by atoms with van der Waals surface area (Å²) in [7, 11) is 0. The summed E-state index contributed by atoms with van der Waals surface area (Å²) in [6, 6.07) is 11.8. The molecule has 1 saturated heterocycles. The molecule has 0 spiro atoms. The predicted molar refractivity (Wildman–Crippen MR) is 124 cm³/mol. The van der Waals surface area contributed by atoms with Crippen molar-refractivity contribution in [3.05, 3.63) is 88.8 Å². The van der Waals surface area contributed by atoms with E-state index < -0.39 is 23.4 Å². The first-order chi connectivity index (χ1) is 17.1. The number of furan rings is 1. The number of amides is 1. The molecule has 10 heteroatoms. The predicted octanol–water partition coefficient (Wildman–Crippen LogP) is 5.85. The number of hydrogen-bond acceptors (Lipinski definition) is 3. The van der Waals surface area contributed by atoms with Crippen molar-refractivity contribution < 1.29 is 31.2 Å². The van der Waals surface area contributed by atoms with E-state index in [0.717, 1.165) is 24.3 Å². The van der Waals surface area contributed by atoms with Crippen LogP contribution in [-0.2, 0) is 12.7 Å². The van der Waals surface area contributed by atoms with E-state index in [-0.39, 0.29) is 18.0 Å². The largest absolute Gasteiger partial charge is 0.460 e. The minimum absolute atomic E-state index is 0.000139. The fraction of sp³-hybridized carbons (Fsp3) is 0.269. The molecule has 0 aliphatic carbocycles. The van der Waals surface area contributed by atoms with Gasteiger partial charge in [0, 0.05) is 55.6 Å². The van der Waals surface area contributed by atoms with Gasteiger partial charge >= 0.3 is 6.18 Å². The number of aryl methyl sites for hydroxylation is 1. The van der Waals surface area contributed by atoms with Crippen LogP contribution in [0.1, 0.15) is 27.4 Å². The van der Waals surface area contributed by atoms with Gasteiger partial charge in [0.05, 0.1) is 17.6 Å². The van der Waals surface area contributed by atoms with Gasteiger partial charge in [0.25, 0.3) is 5.91 Å². The Morgan fingerprint density at radius 1 is 0.972 bits per heavy atom. The second kappa shape index (κ2) is 9.00. The number of carbonyl (C=O) groups excluding carboxylic acids is 1. The molecule has 0 saturated carbocycles. The van der Waals surface area contributed by atoms with E-state index >= 15 is 0 Å². The first-order valence-electron chi connectivity index (χ1n) is 11.4. The van der Waals surface area contributed by atoms with E-state index in [0.29, 0.717) is 54.4 Å². The summed E-state index contributed by atoms with van der Waals surface area (Å²) < 4.78 is 74.4. The van der Waals surface area contributed by atoms with Crippen LogP contribution in [0, 0.1) is 18.6 Å². The Labute approximate surface area is 203 Å². The number of rotatable bonds is 4. The van der Waals surface area contributed by atoms with Gasteiger partial charge in [0.2, 0.25) is 0 Å². The van der Waals surface area contributed by atoms with Crippen LogP contribution in [0.4, 0.5) is 27.6 Å². The number of nitrogens with zero attached hydrogens (tertiary/aromatic N) is 3. The van der Waals surface area contributed by atoms with Crippen LogP contribution in [-0.4, -0.2) is 41.6 Å². The second-order valence-electron chi connectivity index (χ2n) is 8.79. The number of hydrogen-bond donors (Lipinski definition) is 0. The van der Waals surface area contributed by atoms with E-state index in [1.807, 2.05) is 0 Å². The minimum atomic E-state index is -4.43. The molecular formula is C26H22F5N3O2. The lowest BCUT2D eigenvalue weighted by atomic mass is 10.1. The van der Waals surface area contributed by atoms with Crippen molar-refractivity contribution in [2.45, 2.75) is 19.6 Å². The topological polar surface area (TPSA) is 41.6 Å². The maximum Gasteiger partial charge on any atom is 0.416 e. The Morgan fingerprint density at radius 2 is 1.72 bits per heavy atom. The van der Waals surface area contributed by atoms with Crippen molar-refractivity contribution in [2.24, 2.45) is 0 Å². The number of fused-ring (bicyclic) bond motifs is 1. The van der Waals surface area contributed by atoms with Crippen molar-refractivity contribution in [1.29, 1.82) is 0 Å². The maximum absolute atomic E-state index is 14.4. The Balaban J connectivity index is 1.37. The van der Waals surface area contributed by atoms with Gasteiger partial charge in [-0.3, -0.25) is 4.79 Å². The average Bonchev–Trinajstić information content (AvgIpc) is 3.36. The molecule has 5 nitrogen and oxygen atoms in total. The van der Waals surface area contributed by atoms with Gasteiger partial charge in [-0.2, -0.15) is 13.2 Å². The molecule has 0 N–H and O–H groups in total. The fourth-order valence-electron chi connectivity index (χ4n) is 4.54. The molecule has 3 heterocycles. The van der Waals surface area contributed by atoms with E-state index in [9.17, 15) is 26.7 Å². The van der Waals surface area contributed by atoms with Gasteiger partial charge in [-0.1, -0.05) is 12.1 Å². The number of piperazine rings is 1. The summed E-state index contributed by atoms with van der Waals surface area (Å²) in [4.78, 5) is 16.9. The summed E-state index contributed by atoms with van der Waals surface area (Å²) in [6.45, 7) is 3.07. The highest BCUT2D eigenvalue weighted by molar-refractivity contribution is 5.98. The molecular weight excluding hydrogens is 481 g/mol. The zero-order valence-electron chi connectivity index (χ0n) is 19.3. The molecule has 0 radical (unpaired) electrons. The van der Waals surface area contributed by atoms with E-state index in [4.69, 9.17) is 4.42 Å². The minimum Gasteiger partial charge on any atom is -0.460 e. The molecule has 1 aliphatic heterocycles.